The van der Waals surface area contributed by atoms with Crippen molar-refractivity contribution in [1.29, 1.82) is 0 Å². The van der Waals surface area contributed by atoms with Gasteiger partial charge >= 0.3 is 0 Å². The van der Waals surface area contributed by atoms with Gasteiger partial charge in [-0.05, 0) is 32.1 Å². The van der Waals surface area contributed by atoms with Crippen molar-refractivity contribution in [2.45, 2.75) is 30.8 Å². The summed E-state index contributed by atoms with van der Waals surface area (Å²) in [5.41, 5.74) is 0. The second-order valence-electron chi connectivity index (χ2n) is 6.25. The van der Waals surface area contributed by atoms with Crippen LogP contribution in [0.2, 0.25) is 0 Å². The minimum absolute atomic E-state index is 0.481. The summed E-state index contributed by atoms with van der Waals surface area (Å²) in [5.74, 6) is 2.03. The molecule has 3 rings (SSSR count). The number of hydrogen-bond acceptors (Lipinski definition) is 6. The predicted molar refractivity (Wildman–Crippen MR) is 93.1 cm³/mol. The molecule has 0 radical (unpaired) electrons. The van der Waals surface area contributed by atoms with Crippen LogP contribution in [-0.2, 0) is 17.3 Å². The maximum Gasteiger partial charge on any atom is 0.223 e. The maximum absolute atomic E-state index is 12.3. The lowest BCUT2D eigenvalue weighted by atomic mass is 10.2. The van der Waals surface area contributed by atoms with E-state index in [1.54, 1.807) is 6.92 Å². The monoisotopic (exact) mass is 348 g/mol. The second-order valence-corrected chi connectivity index (χ2v) is 7.82. The molecule has 0 unspecified atom stereocenters. The van der Waals surface area contributed by atoms with Gasteiger partial charge in [-0.1, -0.05) is 23.4 Å². The third kappa shape index (κ3) is 4.49. The van der Waals surface area contributed by atoms with E-state index in [0.29, 0.717) is 24.2 Å². The Labute approximate surface area is 145 Å². The Morgan fingerprint density at radius 1 is 1.38 bits per heavy atom. The molecule has 0 N–H and O–H groups in total. The van der Waals surface area contributed by atoms with Gasteiger partial charge in [-0.3, -0.25) is 9.11 Å². The number of nitrogens with zero attached hydrogens (tertiary/aromatic N) is 4. The highest BCUT2D eigenvalue weighted by molar-refractivity contribution is 7.85. The molecule has 1 aliphatic rings. The fourth-order valence-corrected chi connectivity index (χ4v) is 4.16. The Bertz CT molecular complexity index is 676. The van der Waals surface area contributed by atoms with Gasteiger partial charge < -0.3 is 9.42 Å². The molecular weight excluding hydrogens is 324 g/mol. The summed E-state index contributed by atoms with van der Waals surface area (Å²) in [5, 5.41) is 3.96. The molecule has 1 aromatic heterocycles. The van der Waals surface area contributed by atoms with Crippen LogP contribution in [0.15, 0.2) is 39.8 Å². The molecule has 1 fully saturated rings. The highest BCUT2D eigenvalue weighted by Gasteiger charge is 2.26. The molecule has 2 heterocycles. The van der Waals surface area contributed by atoms with E-state index in [1.165, 1.54) is 0 Å². The van der Waals surface area contributed by atoms with Gasteiger partial charge in [0.25, 0.3) is 0 Å². The summed E-state index contributed by atoms with van der Waals surface area (Å²) in [6.07, 6.45) is 1.12. The fourth-order valence-electron chi connectivity index (χ4n) is 3.03. The zero-order chi connectivity index (χ0) is 16.9. The largest absolute Gasteiger partial charge is 0.340 e. The van der Waals surface area contributed by atoms with Crippen LogP contribution >= 0.6 is 0 Å². The van der Waals surface area contributed by atoms with E-state index in [4.69, 9.17) is 4.52 Å². The summed E-state index contributed by atoms with van der Waals surface area (Å²) in [7, 11) is 1.18. The van der Waals surface area contributed by atoms with Gasteiger partial charge in [-0.2, -0.15) is 4.98 Å². The number of likely N-dealkylation sites (N-methyl/N-ethyl adjacent to an activating group) is 1. The molecule has 0 amide bonds. The van der Waals surface area contributed by atoms with Gasteiger partial charge in [0.05, 0.1) is 17.3 Å². The fraction of sp³-hybridized carbons (Fsp3) is 0.529. The van der Waals surface area contributed by atoms with Gasteiger partial charge in [0.2, 0.25) is 5.89 Å². The molecule has 2 aromatic rings. The van der Waals surface area contributed by atoms with E-state index < -0.39 is 10.8 Å². The van der Waals surface area contributed by atoms with Crippen molar-refractivity contribution in [2.75, 3.05) is 32.4 Å². The standard InChI is InChI=1S/C17H24N4O2S/c1-14-18-17(19-23-14)13-20(2)15-8-9-21(12-15)10-11-24(22)16-6-4-3-5-7-16/h3-7,15H,8-13H2,1-2H3/t15-,24-/m1/s1. The highest BCUT2D eigenvalue weighted by atomic mass is 32.2. The van der Waals surface area contributed by atoms with Crippen LogP contribution in [0.25, 0.3) is 0 Å². The molecule has 130 valence electrons. The number of likely N-dealkylation sites (tertiary alicyclic amines) is 1. The van der Waals surface area contributed by atoms with E-state index in [2.05, 4.69) is 27.0 Å². The van der Waals surface area contributed by atoms with Crippen molar-refractivity contribution in [3.05, 3.63) is 42.0 Å². The molecule has 1 aliphatic heterocycles. The van der Waals surface area contributed by atoms with Crippen molar-refractivity contribution in [3.8, 4) is 0 Å². The SMILES string of the molecule is Cc1nc(CN(C)[C@@H]2CCN(CC[S@@](=O)c3ccccc3)C2)no1. The first-order valence-corrected chi connectivity index (χ1v) is 9.59. The minimum atomic E-state index is -0.918. The first-order chi connectivity index (χ1) is 11.6. The molecule has 24 heavy (non-hydrogen) atoms. The van der Waals surface area contributed by atoms with E-state index in [1.807, 2.05) is 30.3 Å². The smallest absolute Gasteiger partial charge is 0.223 e. The normalized spacial score (nSPS) is 19.9. The maximum atomic E-state index is 12.3. The minimum Gasteiger partial charge on any atom is -0.340 e. The Hall–Kier alpha value is -1.57. The van der Waals surface area contributed by atoms with Gasteiger partial charge in [-0.25, -0.2) is 0 Å². The molecular formula is C17H24N4O2S. The Kier molecular flexibility index (Phi) is 5.76. The Balaban J connectivity index is 1.44. The molecule has 0 bridgehead atoms. The lowest BCUT2D eigenvalue weighted by molar-refractivity contribution is 0.220. The van der Waals surface area contributed by atoms with Gasteiger partial charge in [0, 0.05) is 36.7 Å². The summed E-state index contributed by atoms with van der Waals surface area (Å²) in [4.78, 5) is 9.84. The zero-order valence-electron chi connectivity index (χ0n) is 14.2. The Morgan fingerprint density at radius 2 is 2.17 bits per heavy atom. The lowest BCUT2D eigenvalue weighted by Crippen LogP contribution is -2.35. The van der Waals surface area contributed by atoms with Gasteiger partial charge in [0.15, 0.2) is 5.82 Å². The van der Waals surface area contributed by atoms with Crippen molar-refractivity contribution in [3.63, 3.8) is 0 Å². The topological polar surface area (TPSA) is 62.5 Å². The first-order valence-electron chi connectivity index (χ1n) is 8.27. The number of rotatable bonds is 7. The summed E-state index contributed by atoms with van der Waals surface area (Å²) in [6, 6.07) is 10.2. The highest BCUT2D eigenvalue weighted by Crippen LogP contribution is 2.16. The van der Waals surface area contributed by atoms with E-state index in [9.17, 15) is 4.21 Å². The second kappa shape index (κ2) is 8.00. The van der Waals surface area contributed by atoms with Crippen molar-refractivity contribution in [2.24, 2.45) is 0 Å². The summed E-state index contributed by atoms with van der Waals surface area (Å²) in [6.45, 7) is 5.42. The first kappa shape index (κ1) is 17.3. The molecule has 0 spiro atoms. The van der Waals surface area contributed by atoms with Crippen LogP contribution in [0, 0.1) is 6.92 Å². The third-order valence-corrected chi connectivity index (χ3v) is 5.78. The average Bonchev–Trinajstić information content (AvgIpc) is 3.22. The van der Waals surface area contributed by atoms with Gasteiger partial charge in [0.1, 0.15) is 0 Å². The van der Waals surface area contributed by atoms with Crippen LogP contribution in [0.4, 0.5) is 0 Å². The predicted octanol–water partition coefficient (Wildman–Crippen LogP) is 1.69. The molecule has 1 aromatic carbocycles. The molecule has 7 heteroatoms. The molecule has 2 atom stereocenters. The van der Waals surface area contributed by atoms with Crippen LogP contribution < -0.4 is 0 Å². The van der Waals surface area contributed by atoms with Crippen LogP contribution in [0.1, 0.15) is 18.1 Å². The van der Waals surface area contributed by atoms with E-state index >= 15 is 0 Å². The van der Waals surface area contributed by atoms with Crippen molar-refractivity contribution < 1.29 is 8.73 Å². The molecule has 1 saturated heterocycles. The molecule has 0 saturated carbocycles. The Morgan fingerprint density at radius 3 is 2.88 bits per heavy atom. The molecule has 0 aliphatic carbocycles. The molecule has 6 nitrogen and oxygen atoms in total. The summed E-state index contributed by atoms with van der Waals surface area (Å²) >= 11 is 0. The van der Waals surface area contributed by atoms with Crippen molar-refractivity contribution >= 4 is 10.8 Å². The quantitative estimate of drug-likeness (QED) is 0.759. The van der Waals surface area contributed by atoms with Gasteiger partial charge in [-0.15, -0.1) is 0 Å². The number of benzene rings is 1. The summed E-state index contributed by atoms with van der Waals surface area (Å²) < 4.78 is 17.3. The number of hydrogen-bond donors (Lipinski definition) is 0. The number of aryl methyl sites for hydroxylation is 1. The third-order valence-electron chi connectivity index (χ3n) is 4.43. The van der Waals surface area contributed by atoms with Crippen LogP contribution in [-0.4, -0.2) is 62.6 Å². The van der Waals surface area contributed by atoms with E-state index in [0.717, 1.165) is 36.8 Å². The zero-order valence-corrected chi connectivity index (χ0v) is 15.0. The van der Waals surface area contributed by atoms with Crippen molar-refractivity contribution in [1.82, 2.24) is 19.9 Å². The average molecular weight is 348 g/mol. The van der Waals surface area contributed by atoms with Crippen LogP contribution in [0.3, 0.4) is 0 Å². The van der Waals surface area contributed by atoms with Crippen LogP contribution in [0.5, 0.6) is 0 Å². The van der Waals surface area contributed by atoms with E-state index in [-0.39, 0.29) is 0 Å². The lowest BCUT2D eigenvalue weighted by Gasteiger charge is -2.23. The number of aromatic nitrogens is 2.